The van der Waals surface area contributed by atoms with Gasteiger partial charge in [0.2, 0.25) is 5.91 Å². The van der Waals surface area contributed by atoms with Crippen LogP contribution in [0.1, 0.15) is 56.9 Å². The van der Waals surface area contributed by atoms with Gasteiger partial charge in [-0.2, -0.15) is 0 Å². The van der Waals surface area contributed by atoms with E-state index in [9.17, 15) is 4.79 Å². The van der Waals surface area contributed by atoms with Gasteiger partial charge in [-0.3, -0.25) is 9.78 Å². The Bertz CT molecular complexity index is 479. The molecule has 0 aromatic carbocycles. The first-order valence-electron chi connectivity index (χ1n) is 9.09. The second kappa shape index (κ2) is 8.44. The molecule has 2 heterocycles. The minimum absolute atomic E-state index is 0.302. The van der Waals surface area contributed by atoms with Gasteiger partial charge in [-0.15, -0.1) is 0 Å². The van der Waals surface area contributed by atoms with Crippen LogP contribution in [-0.4, -0.2) is 35.0 Å². The van der Waals surface area contributed by atoms with Crippen LogP contribution in [0.15, 0.2) is 24.5 Å². The van der Waals surface area contributed by atoms with E-state index < -0.39 is 0 Å². The SMILES string of the molecule is O=C(C[C@H]1CCCOC1)N(Cc1cccnc1)C1CCCCC1. The number of nitrogens with zero attached hydrogens (tertiary/aromatic N) is 2. The monoisotopic (exact) mass is 316 g/mol. The van der Waals surface area contributed by atoms with Crippen molar-refractivity contribution in [3.63, 3.8) is 0 Å². The first-order valence-corrected chi connectivity index (χ1v) is 9.09. The number of ether oxygens (including phenoxy) is 1. The summed E-state index contributed by atoms with van der Waals surface area (Å²) in [6, 6.07) is 4.43. The summed E-state index contributed by atoms with van der Waals surface area (Å²) >= 11 is 0. The van der Waals surface area contributed by atoms with Gasteiger partial charge < -0.3 is 9.64 Å². The fraction of sp³-hybridized carbons (Fsp3) is 0.684. The van der Waals surface area contributed by atoms with Crippen LogP contribution in [-0.2, 0) is 16.1 Å². The lowest BCUT2D eigenvalue weighted by molar-refractivity contribution is -0.137. The number of carbonyl (C=O) groups excluding carboxylic acids is 1. The summed E-state index contributed by atoms with van der Waals surface area (Å²) in [5.41, 5.74) is 1.13. The zero-order valence-electron chi connectivity index (χ0n) is 14.0. The van der Waals surface area contributed by atoms with Crippen molar-refractivity contribution in [2.24, 2.45) is 5.92 Å². The fourth-order valence-corrected chi connectivity index (χ4v) is 3.83. The van der Waals surface area contributed by atoms with Crippen molar-refractivity contribution in [3.05, 3.63) is 30.1 Å². The number of carbonyl (C=O) groups is 1. The van der Waals surface area contributed by atoms with Gasteiger partial charge in [-0.1, -0.05) is 25.3 Å². The Balaban J connectivity index is 1.66. The van der Waals surface area contributed by atoms with Gasteiger partial charge in [-0.25, -0.2) is 0 Å². The number of rotatable bonds is 5. The molecule has 0 spiro atoms. The molecule has 1 saturated carbocycles. The van der Waals surface area contributed by atoms with Crippen LogP contribution in [0.3, 0.4) is 0 Å². The van der Waals surface area contributed by atoms with E-state index in [1.165, 1.54) is 19.3 Å². The third kappa shape index (κ3) is 4.77. The van der Waals surface area contributed by atoms with Gasteiger partial charge in [0.15, 0.2) is 0 Å². The molecule has 0 N–H and O–H groups in total. The molecule has 1 aliphatic carbocycles. The second-order valence-corrected chi connectivity index (χ2v) is 6.96. The van der Waals surface area contributed by atoms with Crippen molar-refractivity contribution in [1.29, 1.82) is 0 Å². The average molecular weight is 316 g/mol. The Morgan fingerprint density at radius 2 is 2.09 bits per heavy atom. The molecule has 4 nitrogen and oxygen atoms in total. The predicted octanol–water partition coefficient (Wildman–Crippen LogP) is 3.56. The molecule has 0 unspecified atom stereocenters. The van der Waals surface area contributed by atoms with Crippen molar-refractivity contribution < 1.29 is 9.53 Å². The molecule has 1 saturated heterocycles. The molecule has 1 aromatic rings. The molecule has 1 atom stereocenters. The summed E-state index contributed by atoms with van der Waals surface area (Å²) in [6.07, 6.45) is 12.6. The average Bonchev–Trinajstić information content (AvgIpc) is 2.62. The molecule has 0 radical (unpaired) electrons. The zero-order chi connectivity index (χ0) is 15.9. The summed E-state index contributed by atoms with van der Waals surface area (Å²) in [5.74, 6) is 0.701. The smallest absolute Gasteiger partial charge is 0.223 e. The van der Waals surface area contributed by atoms with E-state index in [-0.39, 0.29) is 0 Å². The standard InChI is InChI=1S/C19H28N2O2/c22-19(12-16-7-5-11-23-15-16)21(18-8-2-1-3-9-18)14-17-6-4-10-20-13-17/h4,6,10,13,16,18H,1-3,5,7-9,11-12,14-15H2/t16-/m1/s1. The molecule has 0 bridgehead atoms. The highest BCUT2D eigenvalue weighted by molar-refractivity contribution is 5.76. The third-order valence-electron chi connectivity index (χ3n) is 5.13. The van der Waals surface area contributed by atoms with Crippen LogP contribution >= 0.6 is 0 Å². The number of hydrogen-bond acceptors (Lipinski definition) is 3. The van der Waals surface area contributed by atoms with Crippen molar-refractivity contribution >= 4 is 5.91 Å². The first kappa shape index (κ1) is 16.4. The van der Waals surface area contributed by atoms with Gasteiger partial charge in [0.1, 0.15) is 0 Å². The van der Waals surface area contributed by atoms with E-state index in [1.807, 2.05) is 12.3 Å². The fourth-order valence-electron chi connectivity index (χ4n) is 3.83. The van der Waals surface area contributed by atoms with Crippen molar-refractivity contribution in [1.82, 2.24) is 9.88 Å². The molecule has 3 rings (SSSR count). The molecule has 2 fully saturated rings. The first-order chi connectivity index (χ1) is 11.3. The molecular formula is C19H28N2O2. The third-order valence-corrected chi connectivity index (χ3v) is 5.13. The normalized spacial score (nSPS) is 22.7. The Morgan fingerprint density at radius 3 is 2.78 bits per heavy atom. The van der Waals surface area contributed by atoms with Gasteiger partial charge >= 0.3 is 0 Å². The molecule has 23 heavy (non-hydrogen) atoms. The van der Waals surface area contributed by atoms with E-state index in [4.69, 9.17) is 4.74 Å². The molecular weight excluding hydrogens is 288 g/mol. The largest absolute Gasteiger partial charge is 0.381 e. The van der Waals surface area contributed by atoms with E-state index in [0.29, 0.717) is 30.8 Å². The highest BCUT2D eigenvalue weighted by atomic mass is 16.5. The maximum atomic E-state index is 13.0. The summed E-state index contributed by atoms with van der Waals surface area (Å²) in [4.78, 5) is 19.3. The van der Waals surface area contributed by atoms with Crippen LogP contribution in [0.4, 0.5) is 0 Å². The maximum absolute atomic E-state index is 13.0. The quantitative estimate of drug-likeness (QED) is 0.834. The molecule has 126 valence electrons. The Morgan fingerprint density at radius 1 is 1.22 bits per heavy atom. The minimum Gasteiger partial charge on any atom is -0.381 e. The molecule has 2 aliphatic rings. The van der Waals surface area contributed by atoms with Crippen LogP contribution in [0.2, 0.25) is 0 Å². The summed E-state index contributed by atoms with van der Waals surface area (Å²) in [7, 11) is 0. The van der Waals surface area contributed by atoms with Crippen molar-refractivity contribution in [2.45, 2.75) is 64.0 Å². The number of aromatic nitrogens is 1. The summed E-state index contributed by atoms with van der Waals surface area (Å²) < 4.78 is 5.55. The summed E-state index contributed by atoms with van der Waals surface area (Å²) in [6.45, 7) is 2.30. The lowest BCUT2D eigenvalue weighted by atomic mass is 9.92. The predicted molar refractivity (Wildman–Crippen MR) is 89.8 cm³/mol. The highest BCUT2D eigenvalue weighted by Gasteiger charge is 2.28. The minimum atomic E-state index is 0.302. The molecule has 1 aromatic heterocycles. The van der Waals surface area contributed by atoms with Crippen LogP contribution in [0.5, 0.6) is 0 Å². The lowest BCUT2D eigenvalue weighted by Crippen LogP contribution is -2.42. The van der Waals surface area contributed by atoms with E-state index >= 15 is 0 Å². The zero-order valence-corrected chi connectivity index (χ0v) is 14.0. The van der Waals surface area contributed by atoms with Crippen LogP contribution in [0, 0.1) is 5.92 Å². The maximum Gasteiger partial charge on any atom is 0.223 e. The van der Waals surface area contributed by atoms with Crippen molar-refractivity contribution in [3.8, 4) is 0 Å². The molecule has 4 heteroatoms. The van der Waals surface area contributed by atoms with E-state index in [1.54, 1.807) is 6.20 Å². The number of amides is 1. The van der Waals surface area contributed by atoms with E-state index in [0.717, 1.165) is 44.5 Å². The number of pyridine rings is 1. The van der Waals surface area contributed by atoms with Gasteiger partial charge in [-0.05, 0) is 43.2 Å². The highest BCUT2D eigenvalue weighted by Crippen LogP contribution is 2.26. The van der Waals surface area contributed by atoms with E-state index in [2.05, 4.69) is 16.0 Å². The van der Waals surface area contributed by atoms with Gasteiger partial charge in [0.05, 0.1) is 0 Å². The summed E-state index contributed by atoms with van der Waals surface area (Å²) in [5, 5.41) is 0. The number of hydrogen-bond donors (Lipinski definition) is 0. The lowest BCUT2D eigenvalue weighted by Gasteiger charge is -2.35. The Hall–Kier alpha value is -1.42. The van der Waals surface area contributed by atoms with Gasteiger partial charge in [0, 0.05) is 44.6 Å². The molecule has 1 aliphatic heterocycles. The Kier molecular flexibility index (Phi) is 6.03. The topological polar surface area (TPSA) is 42.4 Å². The van der Waals surface area contributed by atoms with Crippen LogP contribution < -0.4 is 0 Å². The van der Waals surface area contributed by atoms with Gasteiger partial charge in [0.25, 0.3) is 0 Å². The second-order valence-electron chi connectivity index (χ2n) is 6.96. The van der Waals surface area contributed by atoms with Crippen LogP contribution in [0.25, 0.3) is 0 Å². The van der Waals surface area contributed by atoms with Crippen molar-refractivity contribution in [2.75, 3.05) is 13.2 Å². The Labute approximate surface area is 139 Å². The molecule has 1 amide bonds.